The zero-order chi connectivity index (χ0) is 13.1. The molecule has 5 nitrogen and oxygen atoms in total. The molecule has 1 aromatic heterocycles. The lowest BCUT2D eigenvalue weighted by atomic mass is 10.2. The highest BCUT2D eigenvalue weighted by Gasteiger charge is 2.00. The van der Waals surface area contributed by atoms with E-state index >= 15 is 0 Å². The van der Waals surface area contributed by atoms with Gasteiger partial charge in [0, 0.05) is 26.5 Å². The molecule has 0 unspecified atom stereocenters. The molecule has 0 saturated carbocycles. The van der Waals surface area contributed by atoms with Gasteiger partial charge < -0.3 is 14.8 Å². The Labute approximate surface area is 108 Å². The summed E-state index contributed by atoms with van der Waals surface area (Å²) in [6, 6.07) is 5.62. The van der Waals surface area contributed by atoms with Crippen LogP contribution < -0.4 is 5.32 Å². The molecule has 18 heavy (non-hydrogen) atoms. The lowest BCUT2D eigenvalue weighted by molar-refractivity contribution is 0.0691. The van der Waals surface area contributed by atoms with Crippen molar-refractivity contribution in [2.45, 2.75) is 12.8 Å². The quantitative estimate of drug-likeness (QED) is 0.676. The van der Waals surface area contributed by atoms with E-state index in [2.05, 4.69) is 16.4 Å². The molecule has 0 aliphatic heterocycles. The SMILES string of the molecule is COCCOCCCCNc1ncccc1C#N. The van der Waals surface area contributed by atoms with Crippen molar-refractivity contribution in [1.82, 2.24) is 4.98 Å². The Morgan fingerprint density at radius 3 is 3.00 bits per heavy atom. The highest BCUT2D eigenvalue weighted by atomic mass is 16.5. The topological polar surface area (TPSA) is 67.2 Å². The van der Waals surface area contributed by atoms with Crippen LogP contribution in [0.1, 0.15) is 18.4 Å². The monoisotopic (exact) mass is 249 g/mol. The largest absolute Gasteiger partial charge is 0.382 e. The molecule has 0 aliphatic carbocycles. The van der Waals surface area contributed by atoms with Gasteiger partial charge in [0.25, 0.3) is 0 Å². The molecule has 1 N–H and O–H groups in total. The molecule has 98 valence electrons. The van der Waals surface area contributed by atoms with Gasteiger partial charge in [-0.05, 0) is 25.0 Å². The van der Waals surface area contributed by atoms with E-state index in [9.17, 15) is 0 Å². The molecule has 0 bridgehead atoms. The summed E-state index contributed by atoms with van der Waals surface area (Å²) in [6.07, 6.45) is 3.64. The predicted octanol–water partition coefficient (Wildman–Crippen LogP) is 1.81. The van der Waals surface area contributed by atoms with Gasteiger partial charge in [-0.2, -0.15) is 5.26 Å². The number of pyridine rings is 1. The second kappa shape index (κ2) is 9.40. The van der Waals surface area contributed by atoms with Gasteiger partial charge in [0.15, 0.2) is 0 Å². The fourth-order valence-electron chi connectivity index (χ4n) is 1.42. The molecule has 5 heteroatoms. The Bertz CT molecular complexity index is 377. The van der Waals surface area contributed by atoms with Crippen molar-refractivity contribution < 1.29 is 9.47 Å². The van der Waals surface area contributed by atoms with Crippen LogP contribution in [0.25, 0.3) is 0 Å². The second-order valence-corrected chi connectivity index (χ2v) is 3.75. The van der Waals surface area contributed by atoms with Crippen molar-refractivity contribution in [3.05, 3.63) is 23.9 Å². The summed E-state index contributed by atoms with van der Waals surface area (Å²) in [7, 11) is 1.66. The molecule has 0 aromatic carbocycles. The van der Waals surface area contributed by atoms with Crippen molar-refractivity contribution in [1.29, 1.82) is 5.26 Å². The van der Waals surface area contributed by atoms with Crippen molar-refractivity contribution in [2.24, 2.45) is 0 Å². The summed E-state index contributed by atoms with van der Waals surface area (Å²) in [5, 5.41) is 12.0. The van der Waals surface area contributed by atoms with Gasteiger partial charge in [0.05, 0.1) is 18.8 Å². The zero-order valence-corrected chi connectivity index (χ0v) is 10.7. The number of nitrogens with zero attached hydrogens (tertiary/aromatic N) is 2. The number of aromatic nitrogens is 1. The third kappa shape index (κ3) is 5.62. The predicted molar refractivity (Wildman–Crippen MR) is 69.4 cm³/mol. The van der Waals surface area contributed by atoms with E-state index in [1.165, 1.54) is 0 Å². The molecule has 0 spiro atoms. The molecule has 1 rings (SSSR count). The van der Waals surface area contributed by atoms with Crippen LogP contribution in [0.5, 0.6) is 0 Å². The lowest BCUT2D eigenvalue weighted by Gasteiger charge is -2.07. The summed E-state index contributed by atoms with van der Waals surface area (Å²) in [5.41, 5.74) is 0.578. The highest BCUT2D eigenvalue weighted by molar-refractivity contribution is 5.50. The number of methoxy groups -OCH3 is 1. The average molecular weight is 249 g/mol. The van der Waals surface area contributed by atoms with E-state index in [1.54, 1.807) is 25.4 Å². The first kappa shape index (κ1) is 14.4. The number of nitriles is 1. The standard InChI is InChI=1S/C13H19N3O2/c1-17-9-10-18-8-3-2-6-15-13-12(11-14)5-4-7-16-13/h4-5,7H,2-3,6,8-10H2,1H3,(H,15,16). The smallest absolute Gasteiger partial charge is 0.143 e. The Morgan fingerprint density at radius 1 is 1.33 bits per heavy atom. The summed E-state index contributed by atoms with van der Waals surface area (Å²) in [6.45, 7) is 2.80. The lowest BCUT2D eigenvalue weighted by Crippen LogP contribution is -2.07. The maximum atomic E-state index is 8.88. The van der Waals surface area contributed by atoms with Crippen LogP contribution in [-0.2, 0) is 9.47 Å². The number of nitrogens with one attached hydrogen (secondary N) is 1. The zero-order valence-electron chi connectivity index (χ0n) is 10.7. The van der Waals surface area contributed by atoms with E-state index in [1.807, 2.05) is 0 Å². The first-order valence-corrected chi connectivity index (χ1v) is 6.04. The van der Waals surface area contributed by atoms with Crippen LogP contribution in [0.3, 0.4) is 0 Å². The molecular formula is C13H19N3O2. The van der Waals surface area contributed by atoms with E-state index in [4.69, 9.17) is 14.7 Å². The third-order valence-electron chi connectivity index (χ3n) is 2.37. The molecule has 1 heterocycles. The first-order valence-electron chi connectivity index (χ1n) is 6.04. The molecule has 0 radical (unpaired) electrons. The van der Waals surface area contributed by atoms with Crippen molar-refractivity contribution >= 4 is 5.82 Å². The first-order chi connectivity index (χ1) is 8.88. The summed E-state index contributed by atoms with van der Waals surface area (Å²) in [4.78, 5) is 4.13. The van der Waals surface area contributed by atoms with Gasteiger partial charge in [-0.3, -0.25) is 0 Å². The van der Waals surface area contributed by atoms with Gasteiger partial charge in [0.2, 0.25) is 0 Å². The minimum Gasteiger partial charge on any atom is -0.382 e. The Morgan fingerprint density at radius 2 is 2.22 bits per heavy atom. The van der Waals surface area contributed by atoms with Crippen molar-refractivity contribution in [3.8, 4) is 6.07 Å². The molecule has 0 saturated heterocycles. The van der Waals surface area contributed by atoms with Crippen LogP contribution in [-0.4, -0.2) is 38.5 Å². The fraction of sp³-hybridized carbons (Fsp3) is 0.538. The Balaban J connectivity index is 2.09. The maximum absolute atomic E-state index is 8.88. The summed E-state index contributed by atoms with van der Waals surface area (Å²) < 4.78 is 10.2. The molecule has 0 amide bonds. The van der Waals surface area contributed by atoms with Crippen LogP contribution in [0.4, 0.5) is 5.82 Å². The molecule has 0 fully saturated rings. The van der Waals surface area contributed by atoms with Crippen LogP contribution in [0.15, 0.2) is 18.3 Å². The highest BCUT2D eigenvalue weighted by Crippen LogP contribution is 2.09. The second-order valence-electron chi connectivity index (χ2n) is 3.75. The minimum absolute atomic E-state index is 0.578. The van der Waals surface area contributed by atoms with E-state index in [0.717, 1.165) is 26.0 Å². The number of anilines is 1. The van der Waals surface area contributed by atoms with Gasteiger partial charge in [-0.1, -0.05) is 0 Å². The molecule has 1 aromatic rings. The van der Waals surface area contributed by atoms with Crippen LogP contribution in [0, 0.1) is 11.3 Å². The minimum atomic E-state index is 0.578. The molecular weight excluding hydrogens is 230 g/mol. The van der Waals surface area contributed by atoms with Crippen LogP contribution in [0.2, 0.25) is 0 Å². The van der Waals surface area contributed by atoms with E-state index in [0.29, 0.717) is 24.6 Å². The van der Waals surface area contributed by atoms with E-state index < -0.39 is 0 Å². The molecule has 0 atom stereocenters. The van der Waals surface area contributed by atoms with Gasteiger partial charge >= 0.3 is 0 Å². The Kier molecular flexibility index (Phi) is 7.53. The van der Waals surface area contributed by atoms with Gasteiger partial charge in [-0.15, -0.1) is 0 Å². The number of unbranched alkanes of at least 4 members (excludes halogenated alkanes) is 1. The van der Waals surface area contributed by atoms with Crippen LogP contribution >= 0.6 is 0 Å². The normalized spacial score (nSPS) is 10.0. The van der Waals surface area contributed by atoms with Gasteiger partial charge in [-0.25, -0.2) is 4.98 Å². The maximum Gasteiger partial charge on any atom is 0.143 e. The summed E-state index contributed by atoms with van der Waals surface area (Å²) >= 11 is 0. The van der Waals surface area contributed by atoms with Crippen molar-refractivity contribution in [3.63, 3.8) is 0 Å². The molecule has 0 aliphatic rings. The van der Waals surface area contributed by atoms with E-state index in [-0.39, 0.29) is 0 Å². The number of rotatable bonds is 9. The average Bonchev–Trinajstić information content (AvgIpc) is 2.42. The number of hydrogen-bond acceptors (Lipinski definition) is 5. The van der Waals surface area contributed by atoms with Crippen molar-refractivity contribution in [2.75, 3.05) is 38.8 Å². The number of hydrogen-bond donors (Lipinski definition) is 1. The third-order valence-corrected chi connectivity index (χ3v) is 2.37. The van der Waals surface area contributed by atoms with Gasteiger partial charge in [0.1, 0.15) is 11.9 Å². The fourth-order valence-corrected chi connectivity index (χ4v) is 1.42. The summed E-state index contributed by atoms with van der Waals surface area (Å²) in [5.74, 6) is 0.653. The number of ether oxygens (including phenoxy) is 2. The Hall–Kier alpha value is -1.64.